The topological polar surface area (TPSA) is 86.7 Å². The zero-order chi connectivity index (χ0) is 15.2. The van der Waals surface area contributed by atoms with Crippen molar-refractivity contribution in [2.45, 2.75) is 32.6 Å². The molecule has 2 atom stereocenters. The van der Waals surface area contributed by atoms with Crippen LogP contribution in [0, 0.1) is 11.8 Å². The van der Waals surface area contributed by atoms with Crippen molar-refractivity contribution in [2.75, 3.05) is 32.5 Å². The summed E-state index contributed by atoms with van der Waals surface area (Å²) < 4.78 is 24.4. The Labute approximate surface area is 121 Å². The van der Waals surface area contributed by atoms with E-state index in [4.69, 9.17) is 5.11 Å². The number of nitrogens with one attached hydrogen (secondary N) is 1. The number of amides is 1. The summed E-state index contributed by atoms with van der Waals surface area (Å²) in [5.41, 5.74) is 0. The van der Waals surface area contributed by atoms with Crippen LogP contribution in [0.3, 0.4) is 0 Å². The SMILES string of the molecule is CCC(CCO)CNC(=O)C1CCCN(S(C)(=O)=O)C1. The minimum absolute atomic E-state index is 0.0743. The molecule has 1 saturated heterocycles. The van der Waals surface area contributed by atoms with E-state index in [1.807, 2.05) is 6.92 Å². The quantitative estimate of drug-likeness (QED) is 0.702. The van der Waals surface area contributed by atoms with Crippen LogP contribution in [0.1, 0.15) is 32.6 Å². The van der Waals surface area contributed by atoms with Crippen LogP contribution in [0.15, 0.2) is 0 Å². The molecule has 0 saturated carbocycles. The van der Waals surface area contributed by atoms with Gasteiger partial charge in [0.15, 0.2) is 0 Å². The summed E-state index contributed by atoms with van der Waals surface area (Å²) in [4.78, 5) is 12.1. The van der Waals surface area contributed by atoms with E-state index in [2.05, 4.69) is 5.32 Å². The van der Waals surface area contributed by atoms with Crippen LogP contribution in [0.2, 0.25) is 0 Å². The Bertz CT molecular complexity index is 411. The molecule has 0 aromatic heterocycles. The number of hydrogen-bond acceptors (Lipinski definition) is 4. The van der Waals surface area contributed by atoms with Crippen LogP contribution in [0.5, 0.6) is 0 Å². The molecule has 0 aliphatic carbocycles. The Hall–Kier alpha value is -0.660. The summed E-state index contributed by atoms with van der Waals surface area (Å²) in [5.74, 6) is -0.0570. The largest absolute Gasteiger partial charge is 0.396 e. The summed E-state index contributed by atoms with van der Waals surface area (Å²) in [6.07, 6.45) is 4.22. The Kier molecular flexibility index (Phi) is 6.91. The van der Waals surface area contributed by atoms with Gasteiger partial charge in [0.1, 0.15) is 0 Å². The lowest BCUT2D eigenvalue weighted by atomic mass is 9.97. The van der Waals surface area contributed by atoms with Gasteiger partial charge in [-0.05, 0) is 25.2 Å². The Morgan fingerprint density at radius 3 is 2.75 bits per heavy atom. The highest BCUT2D eigenvalue weighted by Gasteiger charge is 2.30. The number of carbonyl (C=O) groups excluding carboxylic acids is 1. The first-order chi connectivity index (χ1) is 9.38. The maximum Gasteiger partial charge on any atom is 0.224 e. The average Bonchev–Trinajstić information content (AvgIpc) is 2.42. The lowest BCUT2D eigenvalue weighted by Gasteiger charge is -2.30. The predicted octanol–water partition coefficient (Wildman–Crippen LogP) is 0.183. The molecule has 1 rings (SSSR count). The van der Waals surface area contributed by atoms with Crippen molar-refractivity contribution in [3.8, 4) is 0 Å². The molecule has 0 bridgehead atoms. The predicted molar refractivity (Wildman–Crippen MR) is 77.6 cm³/mol. The smallest absolute Gasteiger partial charge is 0.224 e. The lowest BCUT2D eigenvalue weighted by Crippen LogP contribution is -2.45. The number of piperidine rings is 1. The second-order valence-electron chi connectivity index (χ2n) is 5.49. The molecule has 6 nitrogen and oxygen atoms in total. The first kappa shape index (κ1) is 17.4. The minimum atomic E-state index is -3.22. The number of rotatable bonds is 7. The molecule has 2 N–H and O–H groups in total. The second-order valence-corrected chi connectivity index (χ2v) is 7.47. The van der Waals surface area contributed by atoms with Crippen LogP contribution < -0.4 is 5.32 Å². The van der Waals surface area contributed by atoms with Gasteiger partial charge in [0.2, 0.25) is 15.9 Å². The van der Waals surface area contributed by atoms with Gasteiger partial charge in [-0.15, -0.1) is 0 Å². The molecule has 2 unspecified atom stereocenters. The Balaban J connectivity index is 2.47. The highest BCUT2D eigenvalue weighted by molar-refractivity contribution is 7.88. The van der Waals surface area contributed by atoms with Gasteiger partial charge in [-0.2, -0.15) is 0 Å². The molecule has 0 spiro atoms. The summed E-state index contributed by atoms with van der Waals surface area (Å²) in [5, 5.41) is 11.8. The number of sulfonamides is 1. The van der Waals surface area contributed by atoms with Gasteiger partial charge >= 0.3 is 0 Å². The van der Waals surface area contributed by atoms with Gasteiger partial charge in [0, 0.05) is 26.2 Å². The van der Waals surface area contributed by atoms with Gasteiger partial charge in [-0.3, -0.25) is 4.79 Å². The van der Waals surface area contributed by atoms with Crippen LogP contribution in [-0.4, -0.2) is 56.2 Å². The van der Waals surface area contributed by atoms with Crippen LogP contribution in [0.4, 0.5) is 0 Å². The van der Waals surface area contributed by atoms with Crippen molar-refractivity contribution in [2.24, 2.45) is 11.8 Å². The lowest BCUT2D eigenvalue weighted by molar-refractivity contribution is -0.126. The van der Waals surface area contributed by atoms with E-state index in [1.54, 1.807) is 0 Å². The van der Waals surface area contributed by atoms with E-state index in [0.717, 1.165) is 19.3 Å². The summed E-state index contributed by atoms with van der Waals surface area (Å²) in [7, 11) is -3.22. The summed E-state index contributed by atoms with van der Waals surface area (Å²) >= 11 is 0. The molecule has 118 valence electrons. The standard InChI is InChI=1S/C13H26N2O4S/c1-3-11(6-8-16)9-14-13(17)12-5-4-7-15(10-12)20(2,18)19/h11-12,16H,3-10H2,1-2H3,(H,14,17). The molecule has 1 amide bonds. The maximum absolute atomic E-state index is 12.1. The molecule has 7 heteroatoms. The highest BCUT2D eigenvalue weighted by atomic mass is 32.2. The van der Waals surface area contributed by atoms with E-state index in [0.29, 0.717) is 19.5 Å². The van der Waals surface area contributed by atoms with Crippen LogP contribution >= 0.6 is 0 Å². The third-order valence-electron chi connectivity index (χ3n) is 3.90. The van der Waals surface area contributed by atoms with Gasteiger partial charge < -0.3 is 10.4 Å². The highest BCUT2D eigenvalue weighted by Crippen LogP contribution is 2.19. The van der Waals surface area contributed by atoms with E-state index < -0.39 is 10.0 Å². The van der Waals surface area contributed by atoms with E-state index in [1.165, 1.54) is 10.6 Å². The van der Waals surface area contributed by atoms with Gasteiger partial charge in [0.25, 0.3) is 0 Å². The summed E-state index contributed by atoms with van der Waals surface area (Å²) in [6.45, 7) is 3.48. The molecule has 20 heavy (non-hydrogen) atoms. The number of nitrogens with zero attached hydrogens (tertiary/aromatic N) is 1. The van der Waals surface area contributed by atoms with Crippen molar-refractivity contribution < 1.29 is 18.3 Å². The number of aliphatic hydroxyl groups excluding tert-OH is 1. The fourth-order valence-electron chi connectivity index (χ4n) is 2.48. The van der Waals surface area contributed by atoms with Crippen LogP contribution in [-0.2, 0) is 14.8 Å². The molecule has 0 aromatic carbocycles. The molecular weight excluding hydrogens is 280 g/mol. The van der Waals surface area contributed by atoms with Gasteiger partial charge in [-0.25, -0.2) is 12.7 Å². The van der Waals surface area contributed by atoms with E-state index >= 15 is 0 Å². The van der Waals surface area contributed by atoms with Gasteiger partial charge in [0.05, 0.1) is 12.2 Å². The molecule has 1 aliphatic heterocycles. The Morgan fingerprint density at radius 1 is 1.50 bits per heavy atom. The zero-order valence-corrected chi connectivity index (χ0v) is 13.2. The third kappa shape index (κ3) is 5.38. The van der Waals surface area contributed by atoms with Crippen molar-refractivity contribution in [1.29, 1.82) is 0 Å². The number of hydrogen-bond donors (Lipinski definition) is 2. The Morgan fingerprint density at radius 2 is 2.20 bits per heavy atom. The van der Waals surface area contributed by atoms with Crippen molar-refractivity contribution in [3.63, 3.8) is 0 Å². The van der Waals surface area contributed by atoms with E-state index in [-0.39, 0.29) is 30.9 Å². The summed E-state index contributed by atoms with van der Waals surface area (Å²) in [6, 6.07) is 0. The number of aliphatic hydroxyl groups is 1. The average molecular weight is 306 g/mol. The molecule has 1 heterocycles. The monoisotopic (exact) mass is 306 g/mol. The van der Waals surface area contributed by atoms with Crippen molar-refractivity contribution in [3.05, 3.63) is 0 Å². The molecular formula is C13H26N2O4S. The fourth-order valence-corrected chi connectivity index (χ4v) is 3.39. The minimum Gasteiger partial charge on any atom is -0.396 e. The van der Waals surface area contributed by atoms with Crippen molar-refractivity contribution >= 4 is 15.9 Å². The number of carbonyl (C=O) groups is 1. The molecule has 1 fully saturated rings. The first-order valence-corrected chi connectivity index (χ1v) is 9.07. The normalized spacial score (nSPS) is 22.4. The van der Waals surface area contributed by atoms with Gasteiger partial charge in [-0.1, -0.05) is 13.3 Å². The molecule has 0 radical (unpaired) electrons. The molecule has 1 aliphatic rings. The fraction of sp³-hybridized carbons (Fsp3) is 0.923. The van der Waals surface area contributed by atoms with Crippen LogP contribution in [0.25, 0.3) is 0 Å². The van der Waals surface area contributed by atoms with Crippen molar-refractivity contribution in [1.82, 2.24) is 9.62 Å². The third-order valence-corrected chi connectivity index (χ3v) is 5.17. The zero-order valence-electron chi connectivity index (χ0n) is 12.3. The second kappa shape index (κ2) is 7.95. The van der Waals surface area contributed by atoms with E-state index in [9.17, 15) is 13.2 Å². The molecule has 0 aromatic rings. The maximum atomic E-state index is 12.1. The first-order valence-electron chi connectivity index (χ1n) is 7.22.